The van der Waals surface area contributed by atoms with E-state index in [1.165, 1.54) is 11.5 Å². The molecule has 0 aromatic heterocycles. The first-order chi connectivity index (χ1) is 4.66. The zero-order valence-electron chi connectivity index (χ0n) is 7.44. The molecule has 0 N–H and O–H groups in total. The van der Waals surface area contributed by atoms with Crippen LogP contribution in [0.3, 0.4) is 0 Å². The number of allylic oxidation sites excluding steroid dienone is 4. The molecule has 0 unspecified atom stereocenters. The van der Waals surface area contributed by atoms with Crippen molar-refractivity contribution in [2.45, 2.75) is 34.1 Å². The van der Waals surface area contributed by atoms with E-state index in [0.717, 1.165) is 6.42 Å². The first-order valence-electron chi connectivity index (χ1n) is 3.81. The largest absolute Gasteiger partial charge is 0.0819 e. The van der Waals surface area contributed by atoms with Gasteiger partial charge in [0, 0.05) is 0 Å². The van der Waals surface area contributed by atoms with Gasteiger partial charge in [0.05, 0.1) is 0 Å². The summed E-state index contributed by atoms with van der Waals surface area (Å²) >= 11 is 0. The lowest BCUT2D eigenvalue weighted by atomic mass is 10.1. The highest BCUT2D eigenvalue weighted by Gasteiger charge is 1.84. The summed E-state index contributed by atoms with van der Waals surface area (Å²) in [6, 6.07) is 0. The summed E-state index contributed by atoms with van der Waals surface area (Å²) in [5.74, 6) is 1.35. The number of hydrogen-bond donors (Lipinski definition) is 0. The fraction of sp³-hybridized carbons (Fsp3) is 0.500. The van der Waals surface area contributed by atoms with Crippen LogP contribution in [0.25, 0.3) is 0 Å². The molecule has 0 saturated heterocycles. The minimum atomic E-state index is 1.12. The van der Waals surface area contributed by atoms with Crippen LogP contribution in [-0.4, -0.2) is 0 Å². The van der Waals surface area contributed by atoms with Crippen LogP contribution in [-0.2, 0) is 0 Å². The predicted octanol–water partition coefficient (Wildman–Crippen LogP) is 3.51. The summed E-state index contributed by atoms with van der Waals surface area (Å²) in [6.45, 7) is 8.49. The highest BCUT2D eigenvalue weighted by molar-refractivity contribution is 5.20. The lowest BCUT2D eigenvalue weighted by Crippen LogP contribution is -1.74. The Morgan fingerprint density at radius 2 is 1.70 bits per heavy atom. The molecule has 57 valence electrons. The molecule has 0 bridgehead atoms. The lowest BCUT2D eigenvalue weighted by Gasteiger charge is -1.93. The van der Waals surface area contributed by atoms with Gasteiger partial charge in [0.2, 0.25) is 0 Å². The molecule has 0 heteroatoms. The van der Waals surface area contributed by atoms with Crippen molar-refractivity contribution in [2.24, 2.45) is 0 Å². The van der Waals surface area contributed by atoms with Crippen molar-refractivity contribution in [1.29, 1.82) is 0 Å². The van der Waals surface area contributed by atoms with Crippen LogP contribution < -0.4 is 0 Å². The molecule has 0 fully saturated rings. The molecule has 0 rings (SSSR count). The van der Waals surface area contributed by atoms with E-state index in [4.69, 9.17) is 0 Å². The van der Waals surface area contributed by atoms with E-state index in [1.54, 1.807) is 0 Å². The summed E-state index contributed by atoms with van der Waals surface area (Å²) in [7, 11) is 0. The Kier molecular flexibility index (Phi) is 5.00. The Morgan fingerprint density at radius 3 is 2.10 bits per heavy atom. The molecule has 0 amide bonds. The average molecular weight is 137 g/mol. The summed E-state index contributed by atoms with van der Waals surface area (Å²) in [5, 5.41) is 0. The Morgan fingerprint density at radius 1 is 1.10 bits per heavy atom. The molecule has 0 aromatic carbocycles. The second kappa shape index (κ2) is 5.28. The fourth-order valence-electron chi connectivity index (χ4n) is 0.688. The van der Waals surface area contributed by atoms with E-state index < -0.39 is 0 Å². The topological polar surface area (TPSA) is 0 Å². The van der Waals surface area contributed by atoms with Gasteiger partial charge in [-0.2, -0.15) is 0 Å². The van der Waals surface area contributed by atoms with Crippen molar-refractivity contribution >= 4 is 0 Å². The fourth-order valence-corrected chi connectivity index (χ4v) is 0.688. The van der Waals surface area contributed by atoms with E-state index in [1.807, 2.05) is 0 Å². The summed E-state index contributed by atoms with van der Waals surface area (Å²) in [4.78, 5) is 0. The maximum Gasteiger partial charge on any atom is -0.00859 e. The third-order valence-electron chi connectivity index (χ3n) is 1.21. The SMILES string of the molecule is CC/C=C(/C)C=C[C](C)C. The standard InChI is InChI=1S/C10H17/c1-5-6-10(4)8-7-9(2)3/h6-8H,5H2,1-4H3/b8-7?,10-6-. The Bertz CT molecular complexity index is 127. The normalized spacial score (nSPS) is 13.5. The van der Waals surface area contributed by atoms with Crippen LogP contribution >= 0.6 is 0 Å². The summed E-state index contributed by atoms with van der Waals surface area (Å²) in [5.41, 5.74) is 1.35. The molecule has 0 aliphatic heterocycles. The van der Waals surface area contributed by atoms with E-state index in [9.17, 15) is 0 Å². The van der Waals surface area contributed by atoms with Crippen molar-refractivity contribution in [2.75, 3.05) is 0 Å². The molecule has 0 aromatic rings. The van der Waals surface area contributed by atoms with Gasteiger partial charge >= 0.3 is 0 Å². The monoisotopic (exact) mass is 137 g/mol. The maximum atomic E-state index is 2.22. The van der Waals surface area contributed by atoms with E-state index >= 15 is 0 Å². The quantitative estimate of drug-likeness (QED) is 0.522. The number of rotatable bonds is 3. The second-order valence-corrected chi connectivity index (χ2v) is 2.77. The molecular weight excluding hydrogens is 120 g/mol. The molecule has 10 heavy (non-hydrogen) atoms. The van der Waals surface area contributed by atoms with Crippen molar-refractivity contribution < 1.29 is 0 Å². The summed E-state index contributed by atoms with van der Waals surface area (Å²) < 4.78 is 0. The van der Waals surface area contributed by atoms with Crippen LogP contribution in [0, 0.1) is 5.92 Å². The average Bonchev–Trinajstić information content (AvgIpc) is 1.85. The number of hydrogen-bond acceptors (Lipinski definition) is 0. The molecule has 0 aliphatic rings. The summed E-state index contributed by atoms with van der Waals surface area (Å²) in [6.07, 6.45) is 7.64. The molecule has 0 spiro atoms. The van der Waals surface area contributed by atoms with Gasteiger partial charge in [0.25, 0.3) is 0 Å². The van der Waals surface area contributed by atoms with Crippen LogP contribution in [0.5, 0.6) is 0 Å². The zero-order chi connectivity index (χ0) is 7.98. The molecule has 0 atom stereocenters. The van der Waals surface area contributed by atoms with E-state index in [0.29, 0.717) is 0 Å². The van der Waals surface area contributed by atoms with Gasteiger partial charge in [0.15, 0.2) is 0 Å². The molecule has 0 saturated carbocycles. The zero-order valence-corrected chi connectivity index (χ0v) is 7.44. The van der Waals surface area contributed by atoms with Crippen molar-refractivity contribution in [3.05, 3.63) is 29.7 Å². The van der Waals surface area contributed by atoms with Gasteiger partial charge < -0.3 is 0 Å². The van der Waals surface area contributed by atoms with Crippen molar-refractivity contribution in [3.63, 3.8) is 0 Å². The van der Waals surface area contributed by atoms with Crippen LogP contribution in [0.15, 0.2) is 23.8 Å². The molecule has 1 radical (unpaired) electrons. The van der Waals surface area contributed by atoms with Crippen molar-refractivity contribution in [3.8, 4) is 0 Å². The highest BCUT2D eigenvalue weighted by Crippen LogP contribution is 2.02. The third-order valence-corrected chi connectivity index (χ3v) is 1.21. The first kappa shape index (κ1) is 9.48. The molecule has 0 heterocycles. The van der Waals surface area contributed by atoms with E-state index in [-0.39, 0.29) is 0 Å². The Labute approximate surface area is 64.6 Å². The van der Waals surface area contributed by atoms with Crippen LogP contribution in [0.2, 0.25) is 0 Å². The van der Waals surface area contributed by atoms with Gasteiger partial charge in [-0.25, -0.2) is 0 Å². The third kappa shape index (κ3) is 5.61. The van der Waals surface area contributed by atoms with Gasteiger partial charge in [0.1, 0.15) is 0 Å². The van der Waals surface area contributed by atoms with Gasteiger partial charge in [-0.3, -0.25) is 0 Å². The highest BCUT2D eigenvalue weighted by atomic mass is 13.9. The molecular formula is C10H17. The maximum absolute atomic E-state index is 2.22. The lowest BCUT2D eigenvalue weighted by molar-refractivity contribution is 1.18. The Hall–Kier alpha value is -0.520. The second-order valence-electron chi connectivity index (χ2n) is 2.77. The van der Waals surface area contributed by atoms with Crippen LogP contribution in [0.1, 0.15) is 34.1 Å². The predicted molar refractivity (Wildman–Crippen MR) is 47.8 cm³/mol. The van der Waals surface area contributed by atoms with Crippen LogP contribution in [0.4, 0.5) is 0 Å². The minimum absolute atomic E-state index is 1.12. The van der Waals surface area contributed by atoms with Gasteiger partial charge in [-0.05, 0) is 19.3 Å². The minimum Gasteiger partial charge on any atom is -0.0819 e. The van der Waals surface area contributed by atoms with Crippen molar-refractivity contribution in [1.82, 2.24) is 0 Å². The Balaban J connectivity index is 3.77. The van der Waals surface area contributed by atoms with E-state index in [2.05, 4.69) is 45.9 Å². The van der Waals surface area contributed by atoms with Gasteiger partial charge in [-0.1, -0.05) is 44.6 Å². The molecule has 0 aliphatic carbocycles. The van der Waals surface area contributed by atoms with Gasteiger partial charge in [-0.15, -0.1) is 0 Å². The smallest absolute Gasteiger partial charge is 0.00859 e. The molecule has 0 nitrogen and oxygen atoms in total. The first-order valence-corrected chi connectivity index (χ1v) is 3.81.